The van der Waals surface area contributed by atoms with Gasteiger partial charge in [0.2, 0.25) is 5.91 Å². The van der Waals surface area contributed by atoms with E-state index in [2.05, 4.69) is 17.1 Å². The highest BCUT2D eigenvalue weighted by Gasteiger charge is 2.46. The second-order valence-corrected chi connectivity index (χ2v) is 7.31. The van der Waals surface area contributed by atoms with Crippen molar-refractivity contribution in [3.63, 3.8) is 0 Å². The van der Waals surface area contributed by atoms with Gasteiger partial charge in [-0.2, -0.15) is 0 Å². The van der Waals surface area contributed by atoms with Crippen LogP contribution < -0.4 is 0 Å². The Balaban J connectivity index is 1.45. The molecule has 0 N–H and O–H groups in total. The molecule has 0 unspecified atom stereocenters. The van der Waals surface area contributed by atoms with E-state index in [4.69, 9.17) is 9.47 Å². The molecule has 1 amide bonds. The van der Waals surface area contributed by atoms with Gasteiger partial charge in [-0.15, -0.1) is 0 Å². The molecule has 1 saturated heterocycles. The zero-order valence-corrected chi connectivity index (χ0v) is 13.3. The number of carbonyl (C=O) groups is 1. The molecule has 122 valence electrons. The van der Waals surface area contributed by atoms with Gasteiger partial charge >= 0.3 is 0 Å². The van der Waals surface area contributed by atoms with Crippen LogP contribution in [0.15, 0.2) is 12.2 Å². The Morgan fingerprint density at radius 1 is 1.18 bits per heavy atom. The molecule has 0 radical (unpaired) electrons. The van der Waals surface area contributed by atoms with Crippen molar-refractivity contribution in [3.8, 4) is 0 Å². The molecule has 22 heavy (non-hydrogen) atoms. The number of rotatable bonds is 4. The van der Waals surface area contributed by atoms with Crippen molar-refractivity contribution in [2.45, 2.75) is 63.2 Å². The SMILES string of the molecule is O=C([C@H]1CC=CCC1)N1CCO[C@H]2CC[C@H]1[C@@H]2OCC1CC1. The topological polar surface area (TPSA) is 38.8 Å². The van der Waals surface area contributed by atoms with Gasteiger partial charge in [0.1, 0.15) is 6.10 Å². The summed E-state index contributed by atoms with van der Waals surface area (Å²) in [5.41, 5.74) is 0. The van der Waals surface area contributed by atoms with Gasteiger partial charge in [-0.05, 0) is 50.9 Å². The molecule has 3 aliphatic carbocycles. The lowest BCUT2D eigenvalue weighted by molar-refractivity contribution is -0.140. The molecular weight excluding hydrogens is 278 g/mol. The van der Waals surface area contributed by atoms with E-state index in [-0.39, 0.29) is 24.2 Å². The third-order valence-corrected chi connectivity index (χ3v) is 5.68. The summed E-state index contributed by atoms with van der Waals surface area (Å²) < 4.78 is 12.2. The summed E-state index contributed by atoms with van der Waals surface area (Å²) >= 11 is 0. The van der Waals surface area contributed by atoms with E-state index in [1.807, 2.05) is 0 Å². The zero-order valence-electron chi connectivity index (χ0n) is 13.3. The minimum absolute atomic E-state index is 0.103. The monoisotopic (exact) mass is 305 g/mol. The third kappa shape index (κ3) is 2.95. The van der Waals surface area contributed by atoms with Crippen LogP contribution in [0.1, 0.15) is 44.9 Å². The summed E-state index contributed by atoms with van der Waals surface area (Å²) in [5, 5.41) is 0. The third-order valence-electron chi connectivity index (χ3n) is 5.68. The summed E-state index contributed by atoms with van der Waals surface area (Å²) in [6.45, 7) is 2.26. The van der Waals surface area contributed by atoms with E-state index in [0.29, 0.717) is 12.5 Å². The number of hydrogen-bond acceptors (Lipinski definition) is 3. The number of nitrogens with zero attached hydrogens (tertiary/aromatic N) is 1. The normalized spacial score (nSPS) is 38.1. The molecule has 0 aromatic carbocycles. The second-order valence-electron chi connectivity index (χ2n) is 7.31. The number of amides is 1. The maximum Gasteiger partial charge on any atom is 0.226 e. The first-order valence-electron chi connectivity index (χ1n) is 9.01. The first-order valence-corrected chi connectivity index (χ1v) is 9.01. The first-order chi connectivity index (χ1) is 10.8. The van der Waals surface area contributed by atoms with Crippen LogP contribution >= 0.6 is 0 Å². The standard InChI is InChI=1S/C18H27NO3/c20-18(14-4-2-1-3-5-14)19-10-11-21-16-9-8-15(19)17(16)22-12-13-6-7-13/h1-2,13-17H,3-12H2/t14-,15-,16-,17-/m0/s1. The van der Waals surface area contributed by atoms with Gasteiger partial charge in [-0.3, -0.25) is 4.79 Å². The molecule has 0 aromatic rings. The molecule has 4 heteroatoms. The lowest BCUT2D eigenvalue weighted by Crippen LogP contribution is -2.48. The molecule has 1 aliphatic heterocycles. The average Bonchev–Trinajstić information content (AvgIpc) is 3.30. The molecule has 4 atom stereocenters. The van der Waals surface area contributed by atoms with Gasteiger partial charge in [-0.1, -0.05) is 12.2 Å². The Bertz CT molecular complexity index is 446. The van der Waals surface area contributed by atoms with E-state index in [0.717, 1.165) is 51.2 Å². The molecular formula is C18H27NO3. The average molecular weight is 305 g/mol. The van der Waals surface area contributed by atoms with E-state index < -0.39 is 0 Å². The molecule has 0 spiro atoms. The van der Waals surface area contributed by atoms with Crippen LogP contribution in [0, 0.1) is 11.8 Å². The van der Waals surface area contributed by atoms with Crippen molar-refractivity contribution >= 4 is 5.91 Å². The highest BCUT2D eigenvalue weighted by Crippen LogP contribution is 2.36. The Kier molecular flexibility index (Phi) is 4.23. The van der Waals surface area contributed by atoms with Crippen molar-refractivity contribution in [3.05, 3.63) is 12.2 Å². The van der Waals surface area contributed by atoms with Crippen LogP contribution in [-0.2, 0) is 14.3 Å². The van der Waals surface area contributed by atoms with E-state index in [9.17, 15) is 4.79 Å². The molecule has 2 saturated carbocycles. The van der Waals surface area contributed by atoms with E-state index in [1.54, 1.807) is 0 Å². The fourth-order valence-corrected chi connectivity index (χ4v) is 4.17. The number of hydrogen-bond donors (Lipinski definition) is 0. The molecule has 4 aliphatic rings. The first kappa shape index (κ1) is 14.7. The number of fused-ring (bicyclic) bond motifs is 2. The summed E-state index contributed by atoms with van der Waals surface area (Å²) in [6, 6.07) is 0.240. The van der Waals surface area contributed by atoms with Crippen molar-refractivity contribution in [2.75, 3.05) is 19.8 Å². The quantitative estimate of drug-likeness (QED) is 0.749. The van der Waals surface area contributed by atoms with Gasteiger partial charge in [-0.25, -0.2) is 0 Å². The fourth-order valence-electron chi connectivity index (χ4n) is 4.17. The lowest BCUT2D eigenvalue weighted by Gasteiger charge is -2.34. The van der Waals surface area contributed by atoms with Crippen LogP contribution in [0.25, 0.3) is 0 Å². The molecule has 3 fully saturated rings. The number of allylic oxidation sites excluding steroid dienone is 2. The van der Waals surface area contributed by atoms with Crippen LogP contribution in [0.5, 0.6) is 0 Å². The lowest BCUT2D eigenvalue weighted by atomic mass is 9.92. The highest BCUT2D eigenvalue weighted by atomic mass is 16.5. The fraction of sp³-hybridized carbons (Fsp3) is 0.833. The second kappa shape index (κ2) is 6.32. The van der Waals surface area contributed by atoms with Crippen LogP contribution in [0.4, 0.5) is 0 Å². The maximum absolute atomic E-state index is 13.0. The van der Waals surface area contributed by atoms with E-state index in [1.165, 1.54) is 12.8 Å². The largest absolute Gasteiger partial charge is 0.374 e. The van der Waals surface area contributed by atoms with Crippen molar-refractivity contribution in [1.29, 1.82) is 0 Å². The zero-order chi connectivity index (χ0) is 14.9. The molecule has 4 nitrogen and oxygen atoms in total. The van der Waals surface area contributed by atoms with E-state index >= 15 is 0 Å². The Labute approximate surface area is 132 Å². The van der Waals surface area contributed by atoms with Gasteiger partial charge in [0.25, 0.3) is 0 Å². The van der Waals surface area contributed by atoms with Crippen molar-refractivity contribution < 1.29 is 14.3 Å². The maximum atomic E-state index is 13.0. The van der Waals surface area contributed by atoms with Crippen LogP contribution in [0.2, 0.25) is 0 Å². The summed E-state index contributed by atoms with van der Waals surface area (Å²) in [6.07, 6.45) is 12.3. The van der Waals surface area contributed by atoms with Crippen LogP contribution in [-0.4, -0.2) is 48.8 Å². The van der Waals surface area contributed by atoms with Gasteiger partial charge < -0.3 is 14.4 Å². The number of carbonyl (C=O) groups excluding carboxylic acids is 1. The molecule has 1 heterocycles. The Morgan fingerprint density at radius 2 is 2.09 bits per heavy atom. The molecule has 0 aromatic heterocycles. The Morgan fingerprint density at radius 3 is 2.86 bits per heavy atom. The number of ether oxygens (including phenoxy) is 2. The van der Waals surface area contributed by atoms with Gasteiger partial charge in [0, 0.05) is 19.1 Å². The van der Waals surface area contributed by atoms with Gasteiger partial charge in [0.05, 0.1) is 18.8 Å². The van der Waals surface area contributed by atoms with Gasteiger partial charge in [0.15, 0.2) is 0 Å². The minimum Gasteiger partial charge on any atom is -0.374 e. The summed E-state index contributed by atoms with van der Waals surface area (Å²) in [5.74, 6) is 1.27. The van der Waals surface area contributed by atoms with Crippen molar-refractivity contribution in [1.82, 2.24) is 4.90 Å². The van der Waals surface area contributed by atoms with Crippen molar-refractivity contribution in [2.24, 2.45) is 11.8 Å². The molecule has 4 rings (SSSR count). The summed E-state index contributed by atoms with van der Waals surface area (Å²) in [4.78, 5) is 15.1. The van der Waals surface area contributed by atoms with Crippen LogP contribution in [0.3, 0.4) is 0 Å². The predicted molar refractivity (Wildman–Crippen MR) is 83.4 cm³/mol. The highest BCUT2D eigenvalue weighted by molar-refractivity contribution is 5.79. The Hall–Kier alpha value is -0.870. The predicted octanol–water partition coefficient (Wildman–Crippen LogP) is 2.53. The minimum atomic E-state index is 0.103. The summed E-state index contributed by atoms with van der Waals surface area (Å²) in [7, 11) is 0. The molecule has 2 bridgehead atoms. The smallest absolute Gasteiger partial charge is 0.226 e.